The van der Waals surface area contributed by atoms with Gasteiger partial charge in [-0.1, -0.05) is 23.8 Å². The summed E-state index contributed by atoms with van der Waals surface area (Å²) in [6, 6.07) is 6.08. The molecule has 1 aromatic carbocycles. The maximum Gasteiger partial charge on any atom is 0.155 e. The molecule has 0 aliphatic carbocycles. The maximum absolute atomic E-state index is 4.35. The van der Waals surface area contributed by atoms with E-state index < -0.39 is 0 Å². The Morgan fingerprint density at radius 1 is 1.29 bits per heavy atom. The lowest BCUT2D eigenvalue weighted by molar-refractivity contribution is 1.02. The standard InChI is InChI=1S/C16H17N5/c1-3-4-11(2)5-7-14-13-9-12(16-17-10-18-21-16)6-8-15(13)20-19-14/h3-6,8-10H,7H2,1-2H3,(H,19,20)(H,17,18,21)/b4-3-,11-5-. The van der Waals surface area contributed by atoms with Crippen LogP contribution in [0, 0.1) is 0 Å². The SMILES string of the molecule is C/C=C\C(C)=C/Cc1[nH]nc2ccc(-c3ncn[nH]3)cc12. The van der Waals surface area contributed by atoms with Crippen LogP contribution in [0.5, 0.6) is 0 Å². The van der Waals surface area contributed by atoms with Gasteiger partial charge in [0.25, 0.3) is 0 Å². The van der Waals surface area contributed by atoms with Crippen LogP contribution < -0.4 is 0 Å². The van der Waals surface area contributed by atoms with Crippen molar-refractivity contribution in [2.45, 2.75) is 20.3 Å². The molecule has 0 saturated heterocycles. The zero-order valence-electron chi connectivity index (χ0n) is 12.1. The summed E-state index contributed by atoms with van der Waals surface area (Å²) in [6.45, 7) is 4.12. The van der Waals surface area contributed by atoms with Crippen LogP contribution in [0.4, 0.5) is 0 Å². The lowest BCUT2D eigenvalue weighted by Gasteiger charge is -1.98. The van der Waals surface area contributed by atoms with Gasteiger partial charge in [0.1, 0.15) is 6.33 Å². The third kappa shape index (κ3) is 2.76. The van der Waals surface area contributed by atoms with Crippen molar-refractivity contribution in [3.63, 3.8) is 0 Å². The monoisotopic (exact) mass is 279 g/mol. The van der Waals surface area contributed by atoms with E-state index in [1.165, 1.54) is 11.9 Å². The van der Waals surface area contributed by atoms with E-state index in [1.54, 1.807) is 0 Å². The Morgan fingerprint density at radius 2 is 2.19 bits per heavy atom. The van der Waals surface area contributed by atoms with E-state index in [9.17, 15) is 0 Å². The summed E-state index contributed by atoms with van der Waals surface area (Å²) in [7, 11) is 0. The molecule has 5 heteroatoms. The van der Waals surface area contributed by atoms with Crippen LogP contribution in [0.3, 0.4) is 0 Å². The highest BCUT2D eigenvalue weighted by Gasteiger charge is 2.07. The highest BCUT2D eigenvalue weighted by atomic mass is 15.2. The van der Waals surface area contributed by atoms with Crippen molar-refractivity contribution in [1.29, 1.82) is 0 Å². The second kappa shape index (κ2) is 5.75. The number of aromatic amines is 2. The van der Waals surface area contributed by atoms with Crippen molar-refractivity contribution in [1.82, 2.24) is 25.4 Å². The first-order valence-electron chi connectivity index (χ1n) is 6.90. The molecule has 5 nitrogen and oxygen atoms in total. The van der Waals surface area contributed by atoms with Gasteiger partial charge in [0, 0.05) is 23.1 Å². The number of hydrogen-bond acceptors (Lipinski definition) is 3. The molecule has 2 heterocycles. The number of allylic oxidation sites excluding steroid dienone is 4. The number of nitrogens with zero attached hydrogens (tertiary/aromatic N) is 3. The summed E-state index contributed by atoms with van der Waals surface area (Å²) in [6.07, 6.45) is 8.66. The summed E-state index contributed by atoms with van der Waals surface area (Å²) in [5.74, 6) is 0.768. The van der Waals surface area contributed by atoms with Crippen LogP contribution in [0.15, 0.2) is 48.3 Å². The first-order chi connectivity index (χ1) is 10.3. The second-order valence-electron chi connectivity index (χ2n) is 4.92. The van der Waals surface area contributed by atoms with Gasteiger partial charge in [-0.2, -0.15) is 10.2 Å². The van der Waals surface area contributed by atoms with Crippen LogP contribution in [0.1, 0.15) is 19.5 Å². The lowest BCUT2D eigenvalue weighted by Crippen LogP contribution is -1.85. The van der Waals surface area contributed by atoms with Gasteiger partial charge in [-0.3, -0.25) is 10.2 Å². The van der Waals surface area contributed by atoms with Crippen LogP contribution in [0.2, 0.25) is 0 Å². The summed E-state index contributed by atoms with van der Waals surface area (Å²) in [4.78, 5) is 4.19. The number of fused-ring (bicyclic) bond motifs is 1. The molecule has 0 radical (unpaired) electrons. The van der Waals surface area contributed by atoms with Crippen molar-refractivity contribution < 1.29 is 0 Å². The minimum atomic E-state index is 0.768. The Bertz CT molecular complexity index is 793. The van der Waals surface area contributed by atoms with E-state index in [4.69, 9.17) is 0 Å². The molecule has 2 aromatic heterocycles. The molecule has 3 rings (SSSR count). The summed E-state index contributed by atoms with van der Waals surface area (Å²) in [5, 5.41) is 15.4. The molecular formula is C16H17N5. The van der Waals surface area contributed by atoms with Crippen LogP contribution in [-0.4, -0.2) is 25.4 Å². The van der Waals surface area contributed by atoms with Gasteiger partial charge in [0.15, 0.2) is 5.82 Å². The molecule has 3 aromatic rings. The smallest absolute Gasteiger partial charge is 0.155 e. The normalized spacial score (nSPS) is 12.6. The first-order valence-corrected chi connectivity index (χ1v) is 6.90. The molecule has 0 amide bonds. The predicted molar refractivity (Wildman–Crippen MR) is 83.7 cm³/mol. The number of hydrogen-bond donors (Lipinski definition) is 2. The number of benzene rings is 1. The Balaban J connectivity index is 1.96. The Morgan fingerprint density at radius 3 is 2.95 bits per heavy atom. The van der Waals surface area contributed by atoms with Gasteiger partial charge in [-0.25, -0.2) is 4.98 Å². The number of rotatable bonds is 4. The maximum atomic E-state index is 4.35. The number of H-pyrrole nitrogens is 2. The van der Waals surface area contributed by atoms with E-state index in [2.05, 4.69) is 50.5 Å². The quantitative estimate of drug-likeness (QED) is 0.719. The molecule has 0 bridgehead atoms. The highest BCUT2D eigenvalue weighted by molar-refractivity contribution is 5.85. The molecule has 0 spiro atoms. The third-order valence-electron chi connectivity index (χ3n) is 3.38. The van der Waals surface area contributed by atoms with Crippen molar-refractivity contribution in [3.05, 3.63) is 54.0 Å². The Hall–Kier alpha value is -2.69. The molecule has 21 heavy (non-hydrogen) atoms. The fourth-order valence-corrected chi connectivity index (χ4v) is 2.30. The molecule has 0 unspecified atom stereocenters. The third-order valence-corrected chi connectivity index (χ3v) is 3.38. The first kappa shape index (κ1) is 13.3. The molecule has 0 fully saturated rings. The molecule has 0 saturated carbocycles. The topological polar surface area (TPSA) is 70.2 Å². The van der Waals surface area contributed by atoms with Crippen molar-refractivity contribution in [3.8, 4) is 11.4 Å². The van der Waals surface area contributed by atoms with Gasteiger partial charge in [-0.05, 0) is 32.0 Å². The van der Waals surface area contributed by atoms with Crippen molar-refractivity contribution in [2.75, 3.05) is 0 Å². The van der Waals surface area contributed by atoms with Crippen LogP contribution in [0.25, 0.3) is 22.3 Å². The highest BCUT2D eigenvalue weighted by Crippen LogP contribution is 2.23. The molecule has 106 valence electrons. The minimum absolute atomic E-state index is 0.768. The fourth-order valence-electron chi connectivity index (χ4n) is 2.30. The van der Waals surface area contributed by atoms with E-state index in [0.29, 0.717) is 0 Å². The van der Waals surface area contributed by atoms with Crippen molar-refractivity contribution >= 4 is 10.9 Å². The second-order valence-corrected chi connectivity index (χ2v) is 4.92. The summed E-state index contributed by atoms with van der Waals surface area (Å²) in [5.41, 5.74) is 4.32. The number of aromatic nitrogens is 5. The lowest BCUT2D eigenvalue weighted by atomic mass is 10.1. The molecule has 0 atom stereocenters. The molecular weight excluding hydrogens is 262 g/mol. The van der Waals surface area contributed by atoms with Crippen LogP contribution in [-0.2, 0) is 6.42 Å². The summed E-state index contributed by atoms with van der Waals surface area (Å²) < 4.78 is 0. The average Bonchev–Trinajstić information content (AvgIpc) is 3.14. The number of nitrogens with one attached hydrogen (secondary N) is 2. The Labute approximate surface area is 122 Å². The Kier molecular flexibility index (Phi) is 3.64. The van der Waals surface area contributed by atoms with E-state index in [-0.39, 0.29) is 0 Å². The zero-order chi connectivity index (χ0) is 14.7. The van der Waals surface area contributed by atoms with E-state index in [0.717, 1.165) is 34.4 Å². The molecule has 2 N–H and O–H groups in total. The van der Waals surface area contributed by atoms with Gasteiger partial charge < -0.3 is 0 Å². The van der Waals surface area contributed by atoms with Gasteiger partial charge in [0.2, 0.25) is 0 Å². The van der Waals surface area contributed by atoms with E-state index >= 15 is 0 Å². The summed E-state index contributed by atoms with van der Waals surface area (Å²) >= 11 is 0. The zero-order valence-corrected chi connectivity index (χ0v) is 12.1. The molecule has 0 aliphatic heterocycles. The fraction of sp³-hybridized carbons (Fsp3) is 0.188. The predicted octanol–water partition coefficient (Wildman–Crippen LogP) is 3.41. The average molecular weight is 279 g/mol. The molecule has 0 aliphatic rings. The van der Waals surface area contributed by atoms with Crippen molar-refractivity contribution in [2.24, 2.45) is 0 Å². The largest absolute Gasteiger partial charge is 0.281 e. The van der Waals surface area contributed by atoms with Crippen LogP contribution >= 0.6 is 0 Å². The van der Waals surface area contributed by atoms with Gasteiger partial charge in [-0.15, -0.1) is 0 Å². The van der Waals surface area contributed by atoms with Gasteiger partial charge >= 0.3 is 0 Å². The van der Waals surface area contributed by atoms with E-state index in [1.807, 2.05) is 25.1 Å². The van der Waals surface area contributed by atoms with Gasteiger partial charge in [0.05, 0.1) is 5.52 Å². The minimum Gasteiger partial charge on any atom is -0.281 e.